The zero-order valence-electron chi connectivity index (χ0n) is 10.3. The molecule has 0 aliphatic heterocycles. The molecule has 3 nitrogen and oxygen atoms in total. The van der Waals surface area contributed by atoms with E-state index in [4.69, 9.17) is 22.1 Å². The number of amidine groups is 1. The number of halogens is 4. The van der Waals surface area contributed by atoms with Crippen LogP contribution in [-0.4, -0.2) is 19.0 Å². The summed E-state index contributed by atoms with van der Waals surface area (Å²) in [7, 11) is 0. The van der Waals surface area contributed by atoms with Crippen molar-refractivity contribution >= 4 is 23.1 Å². The van der Waals surface area contributed by atoms with Gasteiger partial charge in [0.25, 0.3) is 0 Å². The minimum Gasteiger partial charge on any atom is -0.385 e. The lowest BCUT2D eigenvalue weighted by Gasteiger charge is -2.11. The highest BCUT2D eigenvalue weighted by Gasteiger charge is 2.33. The molecule has 1 aromatic carbocycles. The first-order valence-corrected chi connectivity index (χ1v) is 6.00. The lowest BCUT2D eigenvalue weighted by Crippen LogP contribution is -2.19. The highest BCUT2D eigenvalue weighted by molar-refractivity contribution is 6.30. The Morgan fingerprint density at radius 3 is 2.68 bits per heavy atom. The van der Waals surface area contributed by atoms with Crippen LogP contribution in [0.5, 0.6) is 0 Å². The van der Waals surface area contributed by atoms with Gasteiger partial charge < -0.3 is 10.5 Å². The molecule has 0 bridgehead atoms. The van der Waals surface area contributed by atoms with Gasteiger partial charge in [0.15, 0.2) is 0 Å². The van der Waals surface area contributed by atoms with Crippen LogP contribution < -0.4 is 5.73 Å². The minimum absolute atomic E-state index is 0.0162. The van der Waals surface area contributed by atoms with Gasteiger partial charge in [0.2, 0.25) is 0 Å². The van der Waals surface area contributed by atoms with Crippen molar-refractivity contribution in [3.8, 4) is 0 Å². The van der Waals surface area contributed by atoms with Gasteiger partial charge in [-0.2, -0.15) is 13.2 Å². The predicted molar refractivity (Wildman–Crippen MR) is 68.8 cm³/mol. The van der Waals surface area contributed by atoms with E-state index in [-0.39, 0.29) is 23.2 Å². The SMILES string of the molecule is CCCOCC(N)=Nc1cc(Cl)ccc1C(F)(F)F. The molecular formula is C12H14ClF3N2O. The van der Waals surface area contributed by atoms with E-state index < -0.39 is 11.7 Å². The van der Waals surface area contributed by atoms with E-state index in [0.717, 1.165) is 24.6 Å². The van der Waals surface area contributed by atoms with E-state index in [9.17, 15) is 13.2 Å². The molecule has 0 aromatic heterocycles. The second-order valence-corrected chi connectivity index (χ2v) is 4.25. The molecule has 0 radical (unpaired) electrons. The summed E-state index contributed by atoms with van der Waals surface area (Å²) in [5.74, 6) is -0.0267. The predicted octanol–water partition coefficient (Wildman–Crippen LogP) is 3.77. The summed E-state index contributed by atoms with van der Waals surface area (Å²) in [6, 6.07) is 3.16. The van der Waals surface area contributed by atoms with Crippen molar-refractivity contribution in [2.24, 2.45) is 10.7 Å². The summed E-state index contributed by atoms with van der Waals surface area (Å²) < 4.78 is 43.4. The highest BCUT2D eigenvalue weighted by atomic mass is 35.5. The molecule has 7 heteroatoms. The average Bonchev–Trinajstić information content (AvgIpc) is 2.27. The molecule has 0 unspecified atom stereocenters. The molecular weight excluding hydrogens is 281 g/mol. The number of hydrogen-bond donors (Lipinski definition) is 1. The summed E-state index contributed by atoms with van der Waals surface area (Å²) in [6.07, 6.45) is -3.72. The molecule has 0 saturated heterocycles. The smallest absolute Gasteiger partial charge is 0.385 e. The van der Waals surface area contributed by atoms with Crippen LogP contribution in [0.2, 0.25) is 5.02 Å². The fourth-order valence-corrected chi connectivity index (χ4v) is 1.51. The Balaban J connectivity index is 2.98. The molecule has 19 heavy (non-hydrogen) atoms. The monoisotopic (exact) mass is 294 g/mol. The second kappa shape index (κ2) is 6.77. The molecule has 0 aliphatic carbocycles. The van der Waals surface area contributed by atoms with Crippen molar-refractivity contribution in [1.29, 1.82) is 0 Å². The van der Waals surface area contributed by atoms with Crippen molar-refractivity contribution in [3.63, 3.8) is 0 Å². The van der Waals surface area contributed by atoms with E-state index in [2.05, 4.69) is 4.99 Å². The van der Waals surface area contributed by atoms with Crippen LogP contribution in [-0.2, 0) is 10.9 Å². The molecule has 2 N–H and O–H groups in total. The summed E-state index contributed by atoms with van der Waals surface area (Å²) in [5, 5.41) is 0.161. The Labute approximate surface area is 114 Å². The third kappa shape index (κ3) is 5.08. The largest absolute Gasteiger partial charge is 0.418 e. The third-order valence-electron chi connectivity index (χ3n) is 2.13. The third-order valence-corrected chi connectivity index (χ3v) is 2.36. The first kappa shape index (κ1) is 15.8. The number of nitrogens with two attached hydrogens (primary N) is 1. The minimum atomic E-state index is -4.51. The van der Waals surface area contributed by atoms with Gasteiger partial charge in [-0.3, -0.25) is 0 Å². The number of nitrogens with zero attached hydrogens (tertiary/aromatic N) is 1. The molecule has 1 rings (SSSR count). The van der Waals surface area contributed by atoms with E-state index in [1.165, 1.54) is 0 Å². The maximum absolute atomic E-state index is 12.8. The topological polar surface area (TPSA) is 47.6 Å². The highest BCUT2D eigenvalue weighted by Crippen LogP contribution is 2.37. The number of alkyl halides is 3. The summed E-state index contributed by atoms with van der Waals surface area (Å²) in [5.41, 5.74) is 4.34. The van der Waals surface area contributed by atoms with E-state index in [1.807, 2.05) is 6.92 Å². The van der Waals surface area contributed by atoms with Gasteiger partial charge >= 0.3 is 6.18 Å². The summed E-state index contributed by atoms with van der Waals surface area (Å²) in [6.45, 7) is 2.36. The van der Waals surface area contributed by atoms with Gasteiger partial charge in [-0.15, -0.1) is 0 Å². The van der Waals surface area contributed by atoms with Crippen LogP contribution in [0.15, 0.2) is 23.2 Å². The molecule has 106 valence electrons. The Hall–Kier alpha value is -1.27. The summed E-state index contributed by atoms with van der Waals surface area (Å²) in [4.78, 5) is 3.72. The fraction of sp³-hybridized carbons (Fsp3) is 0.417. The van der Waals surface area contributed by atoms with Crippen molar-refractivity contribution < 1.29 is 17.9 Å². The molecule has 0 spiro atoms. The van der Waals surface area contributed by atoms with Gasteiger partial charge in [-0.1, -0.05) is 18.5 Å². The maximum Gasteiger partial charge on any atom is 0.418 e. The summed E-state index contributed by atoms with van der Waals surface area (Å²) >= 11 is 5.67. The molecule has 0 fully saturated rings. The molecule has 0 atom stereocenters. The van der Waals surface area contributed by atoms with Gasteiger partial charge in [0.05, 0.1) is 11.3 Å². The maximum atomic E-state index is 12.8. The van der Waals surface area contributed by atoms with Crippen LogP contribution >= 0.6 is 11.6 Å². The zero-order chi connectivity index (χ0) is 14.5. The van der Waals surface area contributed by atoms with Gasteiger partial charge in [0, 0.05) is 11.6 Å². The zero-order valence-corrected chi connectivity index (χ0v) is 11.1. The van der Waals surface area contributed by atoms with Gasteiger partial charge in [0.1, 0.15) is 12.4 Å². The van der Waals surface area contributed by atoms with E-state index >= 15 is 0 Å². The number of benzene rings is 1. The Kier molecular flexibility index (Phi) is 5.62. The van der Waals surface area contributed by atoms with Crippen LogP contribution in [0.25, 0.3) is 0 Å². The van der Waals surface area contributed by atoms with Gasteiger partial charge in [-0.25, -0.2) is 4.99 Å². The lowest BCUT2D eigenvalue weighted by atomic mass is 10.2. The van der Waals surface area contributed by atoms with Crippen LogP contribution in [0.1, 0.15) is 18.9 Å². The number of hydrogen-bond acceptors (Lipinski definition) is 2. The Morgan fingerprint density at radius 1 is 1.42 bits per heavy atom. The van der Waals surface area contributed by atoms with Gasteiger partial charge in [-0.05, 0) is 24.6 Å². The van der Waals surface area contributed by atoms with Crippen LogP contribution in [0, 0.1) is 0 Å². The van der Waals surface area contributed by atoms with E-state index in [0.29, 0.717) is 6.61 Å². The number of rotatable bonds is 5. The van der Waals surface area contributed by atoms with Crippen LogP contribution in [0.3, 0.4) is 0 Å². The fourth-order valence-electron chi connectivity index (χ4n) is 1.35. The van der Waals surface area contributed by atoms with E-state index in [1.54, 1.807) is 0 Å². The van der Waals surface area contributed by atoms with Crippen molar-refractivity contribution in [1.82, 2.24) is 0 Å². The standard InChI is InChI=1S/C12H14ClF3N2O/c1-2-5-19-7-11(17)18-10-6-8(13)3-4-9(10)12(14,15)16/h3-4,6H,2,5,7H2,1H3,(H2,17,18). The number of ether oxygens (including phenoxy) is 1. The van der Waals surface area contributed by atoms with Crippen molar-refractivity contribution in [2.45, 2.75) is 19.5 Å². The Morgan fingerprint density at radius 2 is 2.11 bits per heavy atom. The quantitative estimate of drug-likeness (QED) is 0.510. The Bertz CT molecular complexity index is 461. The molecule has 0 saturated carbocycles. The molecule has 0 heterocycles. The second-order valence-electron chi connectivity index (χ2n) is 3.81. The van der Waals surface area contributed by atoms with Crippen LogP contribution in [0.4, 0.5) is 18.9 Å². The first-order valence-electron chi connectivity index (χ1n) is 5.62. The lowest BCUT2D eigenvalue weighted by molar-refractivity contribution is -0.137. The average molecular weight is 295 g/mol. The van der Waals surface area contributed by atoms with Crippen molar-refractivity contribution in [3.05, 3.63) is 28.8 Å². The molecule has 1 aromatic rings. The number of aliphatic imine (C=N–C) groups is 1. The normalized spacial score (nSPS) is 12.8. The first-order chi connectivity index (χ1) is 8.84. The molecule has 0 amide bonds. The molecule has 0 aliphatic rings. The van der Waals surface area contributed by atoms with Crippen molar-refractivity contribution in [2.75, 3.05) is 13.2 Å².